The van der Waals surface area contributed by atoms with Crippen LogP contribution in [0.5, 0.6) is 0 Å². The van der Waals surface area contributed by atoms with Gasteiger partial charge in [0, 0.05) is 19.3 Å². The summed E-state index contributed by atoms with van der Waals surface area (Å²) < 4.78 is 16.8. The molecule has 1 unspecified atom stereocenters. The van der Waals surface area contributed by atoms with Crippen LogP contribution >= 0.6 is 0 Å². The van der Waals surface area contributed by atoms with E-state index in [-0.39, 0.29) is 31.1 Å². The lowest BCUT2D eigenvalue weighted by molar-refractivity contribution is -0.167. The average Bonchev–Trinajstić information content (AvgIpc) is 3.39. The Morgan fingerprint density at radius 3 is 0.890 bits per heavy atom. The molecule has 6 nitrogen and oxygen atoms in total. The molecule has 0 N–H and O–H groups in total. The third-order valence-corrected chi connectivity index (χ3v) is 12.4. The Labute approximate surface area is 450 Å². The molecule has 0 saturated carbocycles. The number of carbonyl (C=O) groups excluding carboxylic acids is 3. The molecule has 1 atom stereocenters. The molecule has 0 aliphatic carbocycles. The second-order valence-electron chi connectivity index (χ2n) is 19.5. The second-order valence-corrected chi connectivity index (χ2v) is 19.5. The zero-order valence-corrected chi connectivity index (χ0v) is 47.4. The smallest absolute Gasteiger partial charge is 0.306 e. The zero-order valence-electron chi connectivity index (χ0n) is 47.4. The molecule has 0 aromatic heterocycles. The Balaban J connectivity index is 4.37. The van der Waals surface area contributed by atoms with E-state index in [2.05, 4.69) is 142 Å². The summed E-state index contributed by atoms with van der Waals surface area (Å²) in [5.74, 6) is -0.932. The van der Waals surface area contributed by atoms with Gasteiger partial charge in [-0.05, 0) is 128 Å². The SMILES string of the molecule is CC/C=C\C/C=C\C/C=C\C/C=C\C/C=C\C/C=C\C/C=C\CCCCCCCC(=O)OCC(COC(=O)CCCCCCC/C=C\CCCC)OC(=O)CCCCCCCCC/C=C\C/C=C\CCCCC. The van der Waals surface area contributed by atoms with E-state index >= 15 is 0 Å². The highest BCUT2D eigenvalue weighted by Gasteiger charge is 2.19. The van der Waals surface area contributed by atoms with Gasteiger partial charge in [0.05, 0.1) is 0 Å². The highest BCUT2D eigenvalue weighted by molar-refractivity contribution is 5.71. The van der Waals surface area contributed by atoms with E-state index in [0.29, 0.717) is 19.3 Å². The number of ether oxygens (including phenoxy) is 3. The maximum absolute atomic E-state index is 12.9. The van der Waals surface area contributed by atoms with Gasteiger partial charge in [0.2, 0.25) is 0 Å². The van der Waals surface area contributed by atoms with Crippen LogP contribution in [0.25, 0.3) is 0 Å². The summed E-state index contributed by atoms with van der Waals surface area (Å²) in [6.45, 7) is 6.43. The minimum atomic E-state index is -0.797. The standard InChI is InChI=1S/C67H110O6/c1-4-7-10-13-16-19-22-24-26-28-29-30-31-32-33-34-35-36-37-39-40-42-45-48-51-54-57-60-66(69)72-63-64(62-71-65(68)59-56-53-50-47-44-21-18-15-12-9-6-3)73-67(70)61-58-55-52-49-46-43-41-38-27-25-23-20-17-14-11-8-5-2/h7,10,15-20,24-27,29-30,32-33,35-36,39-40,64H,4-6,8-9,11-14,21-23,28,31,34,37-38,41-63H2,1-3H3/b10-7-,18-15-,19-16-,20-17-,26-24-,27-25-,30-29-,33-32-,36-35-,40-39-. The van der Waals surface area contributed by atoms with Gasteiger partial charge in [-0.1, -0.05) is 239 Å². The summed E-state index contributed by atoms with van der Waals surface area (Å²) in [6.07, 6.45) is 83.3. The molecule has 73 heavy (non-hydrogen) atoms. The van der Waals surface area contributed by atoms with Crippen molar-refractivity contribution in [2.24, 2.45) is 0 Å². The minimum Gasteiger partial charge on any atom is -0.462 e. The number of carbonyl (C=O) groups is 3. The summed E-state index contributed by atoms with van der Waals surface area (Å²) in [5, 5.41) is 0. The highest BCUT2D eigenvalue weighted by Crippen LogP contribution is 2.14. The molecule has 0 heterocycles. The second kappa shape index (κ2) is 60.4. The van der Waals surface area contributed by atoms with Crippen molar-refractivity contribution in [3.63, 3.8) is 0 Å². The van der Waals surface area contributed by atoms with Gasteiger partial charge in [0.15, 0.2) is 6.10 Å². The molecule has 0 aliphatic rings. The van der Waals surface area contributed by atoms with Gasteiger partial charge in [-0.15, -0.1) is 0 Å². The summed E-state index contributed by atoms with van der Waals surface area (Å²) in [5.41, 5.74) is 0. The molecule has 414 valence electrons. The van der Waals surface area contributed by atoms with Crippen molar-refractivity contribution in [3.8, 4) is 0 Å². The van der Waals surface area contributed by atoms with Crippen LogP contribution in [-0.2, 0) is 28.6 Å². The fourth-order valence-corrected chi connectivity index (χ4v) is 7.90. The molecule has 0 aliphatic heterocycles. The van der Waals surface area contributed by atoms with Crippen LogP contribution in [0, 0.1) is 0 Å². The predicted molar refractivity (Wildman–Crippen MR) is 316 cm³/mol. The predicted octanol–water partition coefficient (Wildman–Crippen LogP) is 20.4. The molecule has 0 bridgehead atoms. The van der Waals surface area contributed by atoms with E-state index in [9.17, 15) is 14.4 Å². The third kappa shape index (κ3) is 58.6. The summed E-state index contributed by atoms with van der Waals surface area (Å²) in [4.78, 5) is 38.2. The molecular weight excluding hydrogens is 901 g/mol. The van der Waals surface area contributed by atoms with Gasteiger partial charge >= 0.3 is 17.9 Å². The number of hydrogen-bond acceptors (Lipinski definition) is 6. The van der Waals surface area contributed by atoms with Gasteiger partial charge in [-0.25, -0.2) is 0 Å². The fraction of sp³-hybridized carbons (Fsp3) is 0.657. The van der Waals surface area contributed by atoms with Crippen molar-refractivity contribution in [2.45, 2.75) is 271 Å². The Kier molecular flexibility index (Phi) is 56.9. The molecule has 0 aromatic rings. The fourth-order valence-electron chi connectivity index (χ4n) is 7.90. The van der Waals surface area contributed by atoms with E-state index < -0.39 is 6.10 Å². The third-order valence-electron chi connectivity index (χ3n) is 12.4. The number of esters is 3. The van der Waals surface area contributed by atoms with E-state index in [1.807, 2.05) is 0 Å². The Bertz CT molecular complexity index is 1540. The first-order chi connectivity index (χ1) is 36.0. The number of unbranched alkanes of at least 4 members (excludes halogenated alkanes) is 22. The number of rotatable bonds is 53. The van der Waals surface area contributed by atoms with Crippen LogP contribution in [0.1, 0.15) is 265 Å². The maximum atomic E-state index is 12.9. The van der Waals surface area contributed by atoms with Gasteiger partial charge in [-0.3, -0.25) is 14.4 Å². The first-order valence-corrected chi connectivity index (χ1v) is 30.0. The van der Waals surface area contributed by atoms with Gasteiger partial charge in [0.25, 0.3) is 0 Å². The van der Waals surface area contributed by atoms with E-state index in [1.54, 1.807) is 0 Å². The van der Waals surface area contributed by atoms with Crippen LogP contribution in [0.3, 0.4) is 0 Å². The monoisotopic (exact) mass is 1010 g/mol. The first-order valence-electron chi connectivity index (χ1n) is 30.0. The zero-order chi connectivity index (χ0) is 52.9. The van der Waals surface area contributed by atoms with Crippen LogP contribution < -0.4 is 0 Å². The molecule has 0 aromatic carbocycles. The van der Waals surface area contributed by atoms with Gasteiger partial charge < -0.3 is 14.2 Å². The van der Waals surface area contributed by atoms with Crippen LogP contribution in [0.2, 0.25) is 0 Å². The van der Waals surface area contributed by atoms with Gasteiger partial charge in [0.1, 0.15) is 13.2 Å². The summed E-state index contributed by atoms with van der Waals surface area (Å²) in [7, 11) is 0. The van der Waals surface area contributed by atoms with Crippen molar-refractivity contribution in [3.05, 3.63) is 122 Å². The molecule has 6 heteroatoms. The Morgan fingerprint density at radius 1 is 0.288 bits per heavy atom. The van der Waals surface area contributed by atoms with E-state index in [0.717, 1.165) is 148 Å². The van der Waals surface area contributed by atoms with Crippen molar-refractivity contribution >= 4 is 17.9 Å². The van der Waals surface area contributed by atoms with Gasteiger partial charge in [-0.2, -0.15) is 0 Å². The van der Waals surface area contributed by atoms with Crippen molar-refractivity contribution in [1.29, 1.82) is 0 Å². The maximum Gasteiger partial charge on any atom is 0.306 e. The molecule has 0 fully saturated rings. The van der Waals surface area contributed by atoms with Crippen molar-refractivity contribution in [2.75, 3.05) is 13.2 Å². The normalized spacial score (nSPS) is 13.0. The first kappa shape index (κ1) is 68.8. The summed E-state index contributed by atoms with van der Waals surface area (Å²) in [6, 6.07) is 0. The van der Waals surface area contributed by atoms with Crippen molar-refractivity contribution in [1.82, 2.24) is 0 Å². The lowest BCUT2D eigenvalue weighted by Crippen LogP contribution is -2.30. The van der Waals surface area contributed by atoms with E-state index in [1.165, 1.54) is 77.0 Å². The number of hydrogen-bond donors (Lipinski definition) is 0. The lowest BCUT2D eigenvalue weighted by atomic mass is 10.1. The van der Waals surface area contributed by atoms with E-state index in [4.69, 9.17) is 14.2 Å². The topological polar surface area (TPSA) is 78.9 Å². The molecule has 0 rings (SSSR count). The Hall–Kier alpha value is -4.19. The molecule has 0 saturated heterocycles. The van der Waals surface area contributed by atoms with Crippen LogP contribution in [-0.4, -0.2) is 37.2 Å². The highest BCUT2D eigenvalue weighted by atomic mass is 16.6. The quantitative estimate of drug-likeness (QED) is 0.0261. The lowest BCUT2D eigenvalue weighted by Gasteiger charge is -2.18. The molecule has 0 radical (unpaired) electrons. The average molecular weight is 1010 g/mol. The molecule has 0 amide bonds. The minimum absolute atomic E-state index is 0.0943. The Morgan fingerprint density at radius 2 is 0.548 bits per heavy atom. The molecular formula is C67H110O6. The van der Waals surface area contributed by atoms with Crippen LogP contribution in [0.15, 0.2) is 122 Å². The van der Waals surface area contributed by atoms with Crippen molar-refractivity contribution < 1.29 is 28.6 Å². The number of allylic oxidation sites excluding steroid dienone is 20. The largest absolute Gasteiger partial charge is 0.462 e. The van der Waals surface area contributed by atoms with Crippen LogP contribution in [0.4, 0.5) is 0 Å². The summed E-state index contributed by atoms with van der Waals surface area (Å²) >= 11 is 0. The molecule has 0 spiro atoms.